The molecule has 132 valence electrons. The summed E-state index contributed by atoms with van der Waals surface area (Å²) in [5.74, 6) is 0. The largest absolute Gasteiger partial charge is 0.309 e. The van der Waals surface area contributed by atoms with Gasteiger partial charge in [0.15, 0.2) is 0 Å². The molecule has 0 saturated carbocycles. The van der Waals surface area contributed by atoms with E-state index >= 15 is 0 Å². The molecule has 0 spiro atoms. The van der Waals surface area contributed by atoms with E-state index in [0.717, 1.165) is 33.5 Å². The highest BCUT2D eigenvalue weighted by molar-refractivity contribution is 6.34. The average molecular weight is 372 g/mol. The van der Waals surface area contributed by atoms with Gasteiger partial charge in [-0.2, -0.15) is 0 Å². The SMILES string of the molecule is Cn1c(-c2ccccc2)c(-c2ccccc2)c(-c2ccccc2)c(Cl)c1=O. The summed E-state index contributed by atoms with van der Waals surface area (Å²) in [7, 11) is 1.78. The molecule has 0 atom stereocenters. The minimum Gasteiger partial charge on any atom is -0.309 e. The topological polar surface area (TPSA) is 22.0 Å². The summed E-state index contributed by atoms with van der Waals surface area (Å²) in [5.41, 5.74) is 5.31. The van der Waals surface area contributed by atoms with Gasteiger partial charge in [-0.25, -0.2) is 0 Å². The molecular weight excluding hydrogens is 354 g/mol. The smallest absolute Gasteiger partial charge is 0.270 e. The third-order valence-corrected chi connectivity index (χ3v) is 5.06. The van der Waals surface area contributed by atoms with Gasteiger partial charge in [-0.3, -0.25) is 4.79 Å². The van der Waals surface area contributed by atoms with Crippen LogP contribution >= 0.6 is 11.6 Å². The molecule has 0 amide bonds. The van der Waals surface area contributed by atoms with Crippen LogP contribution in [0.4, 0.5) is 0 Å². The number of aromatic nitrogens is 1. The van der Waals surface area contributed by atoms with Gasteiger partial charge in [0, 0.05) is 18.2 Å². The molecule has 27 heavy (non-hydrogen) atoms. The quantitative estimate of drug-likeness (QED) is 0.430. The third-order valence-electron chi connectivity index (χ3n) is 4.71. The first-order valence-corrected chi connectivity index (χ1v) is 9.15. The lowest BCUT2D eigenvalue weighted by molar-refractivity contribution is 0.873. The molecule has 1 aromatic heterocycles. The number of benzene rings is 3. The first kappa shape index (κ1) is 17.3. The summed E-state index contributed by atoms with van der Waals surface area (Å²) < 4.78 is 1.65. The second-order valence-corrected chi connectivity index (χ2v) is 6.75. The van der Waals surface area contributed by atoms with Crippen LogP contribution in [0.1, 0.15) is 0 Å². The van der Waals surface area contributed by atoms with Gasteiger partial charge < -0.3 is 4.57 Å². The molecule has 3 heteroatoms. The van der Waals surface area contributed by atoms with E-state index in [1.165, 1.54) is 0 Å². The predicted octanol–water partition coefficient (Wildman–Crippen LogP) is 6.04. The lowest BCUT2D eigenvalue weighted by atomic mass is 9.90. The zero-order valence-electron chi connectivity index (χ0n) is 14.9. The third kappa shape index (κ3) is 3.09. The molecule has 0 radical (unpaired) electrons. The Labute approximate surface area is 163 Å². The fourth-order valence-electron chi connectivity index (χ4n) is 3.45. The van der Waals surface area contributed by atoms with Crippen molar-refractivity contribution in [1.29, 1.82) is 0 Å². The molecule has 0 N–H and O–H groups in total. The number of hydrogen-bond donors (Lipinski definition) is 0. The van der Waals surface area contributed by atoms with E-state index in [9.17, 15) is 4.79 Å². The van der Waals surface area contributed by atoms with Gasteiger partial charge in [0.05, 0.1) is 5.69 Å². The van der Waals surface area contributed by atoms with Gasteiger partial charge >= 0.3 is 0 Å². The van der Waals surface area contributed by atoms with Crippen molar-refractivity contribution in [2.45, 2.75) is 0 Å². The van der Waals surface area contributed by atoms with E-state index in [1.54, 1.807) is 11.6 Å². The number of halogens is 1. The summed E-state index contributed by atoms with van der Waals surface area (Å²) in [4.78, 5) is 13.0. The number of nitrogens with zero attached hydrogens (tertiary/aromatic N) is 1. The lowest BCUT2D eigenvalue weighted by Gasteiger charge is -2.20. The predicted molar refractivity (Wildman–Crippen MR) is 113 cm³/mol. The van der Waals surface area contributed by atoms with Crippen LogP contribution in [0.25, 0.3) is 33.5 Å². The van der Waals surface area contributed by atoms with Crippen molar-refractivity contribution >= 4 is 11.6 Å². The van der Waals surface area contributed by atoms with Crippen LogP contribution in [0, 0.1) is 0 Å². The van der Waals surface area contributed by atoms with Gasteiger partial charge in [-0.05, 0) is 16.7 Å². The molecule has 0 aliphatic carbocycles. The molecule has 3 aromatic carbocycles. The highest BCUT2D eigenvalue weighted by Gasteiger charge is 2.22. The maximum atomic E-state index is 13.0. The molecule has 2 nitrogen and oxygen atoms in total. The van der Waals surface area contributed by atoms with Crippen LogP contribution in [-0.2, 0) is 7.05 Å². The second-order valence-electron chi connectivity index (χ2n) is 6.37. The maximum absolute atomic E-state index is 13.0. The normalized spacial score (nSPS) is 10.7. The minimum atomic E-state index is -0.200. The number of rotatable bonds is 3. The van der Waals surface area contributed by atoms with E-state index in [2.05, 4.69) is 12.1 Å². The minimum absolute atomic E-state index is 0.200. The van der Waals surface area contributed by atoms with E-state index < -0.39 is 0 Å². The Morgan fingerprint density at radius 2 is 1.04 bits per heavy atom. The van der Waals surface area contributed by atoms with Gasteiger partial charge in [0.2, 0.25) is 0 Å². The Balaban J connectivity index is 2.20. The first-order chi connectivity index (χ1) is 13.2. The lowest BCUT2D eigenvalue weighted by Crippen LogP contribution is -2.21. The van der Waals surface area contributed by atoms with E-state index in [0.29, 0.717) is 0 Å². The fourth-order valence-corrected chi connectivity index (χ4v) is 3.78. The number of pyridine rings is 1. The Morgan fingerprint density at radius 1 is 0.630 bits per heavy atom. The van der Waals surface area contributed by atoms with Crippen molar-refractivity contribution < 1.29 is 0 Å². The molecule has 0 aliphatic rings. The molecule has 1 heterocycles. The Bertz CT molecular complexity index is 1060. The highest BCUT2D eigenvalue weighted by Crippen LogP contribution is 2.41. The van der Waals surface area contributed by atoms with Crippen molar-refractivity contribution in [3.05, 3.63) is 106 Å². The van der Waals surface area contributed by atoms with Crippen LogP contribution in [0.3, 0.4) is 0 Å². The van der Waals surface area contributed by atoms with Crippen LogP contribution in [0.5, 0.6) is 0 Å². The molecule has 4 rings (SSSR count). The first-order valence-electron chi connectivity index (χ1n) is 8.77. The summed E-state index contributed by atoms with van der Waals surface area (Å²) in [6.45, 7) is 0. The van der Waals surface area contributed by atoms with E-state index in [1.807, 2.05) is 78.9 Å². The van der Waals surface area contributed by atoms with Crippen molar-refractivity contribution in [3.8, 4) is 33.5 Å². The van der Waals surface area contributed by atoms with Crippen molar-refractivity contribution in [1.82, 2.24) is 4.57 Å². The summed E-state index contributed by atoms with van der Waals surface area (Å²) in [6, 6.07) is 29.9. The molecule has 0 bridgehead atoms. The number of hydrogen-bond acceptors (Lipinski definition) is 1. The van der Waals surface area contributed by atoms with Gasteiger partial charge in [0.25, 0.3) is 5.56 Å². The van der Waals surface area contributed by atoms with Crippen molar-refractivity contribution in [2.75, 3.05) is 0 Å². The highest BCUT2D eigenvalue weighted by atomic mass is 35.5. The van der Waals surface area contributed by atoms with Gasteiger partial charge in [-0.1, -0.05) is 103 Å². The van der Waals surface area contributed by atoms with Crippen LogP contribution in [0.15, 0.2) is 95.8 Å². The summed E-state index contributed by atoms with van der Waals surface area (Å²) in [5, 5.41) is 0.238. The molecule has 0 unspecified atom stereocenters. The molecule has 0 aliphatic heterocycles. The van der Waals surface area contributed by atoms with Crippen LogP contribution in [0.2, 0.25) is 5.02 Å². The average Bonchev–Trinajstić information content (AvgIpc) is 2.73. The van der Waals surface area contributed by atoms with Gasteiger partial charge in [0.1, 0.15) is 5.02 Å². The summed E-state index contributed by atoms with van der Waals surface area (Å²) in [6.07, 6.45) is 0. The van der Waals surface area contributed by atoms with Crippen molar-refractivity contribution in [3.63, 3.8) is 0 Å². The van der Waals surface area contributed by atoms with Crippen LogP contribution < -0.4 is 5.56 Å². The van der Waals surface area contributed by atoms with Crippen LogP contribution in [-0.4, -0.2) is 4.57 Å². The standard InChI is InChI=1S/C24H18ClNO/c1-26-23(19-15-9-4-10-16-19)21(18-13-7-3-8-14-18)20(22(25)24(26)27)17-11-5-2-6-12-17/h2-16H,1H3. The summed E-state index contributed by atoms with van der Waals surface area (Å²) >= 11 is 6.61. The second kappa shape index (κ2) is 7.26. The fraction of sp³-hybridized carbons (Fsp3) is 0.0417. The van der Waals surface area contributed by atoms with Crippen molar-refractivity contribution in [2.24, 2.45) is 7.05 Å². The van der Waals surface area contributed by atoms with E-state index in [-0.39, 0.29) is 10.6 Å². The molecule has 0 saturated heterocycles. The Hall–Kier alpha value is -3.10. The Morgan fingerprint density at radius 3 is 1.52 bits per heavy atom. The Kier molecular flexibility index (Phi) is 4.66. The monoisotopic (exact) mass is 371 g/mol. The van der Waals surface area contributed by atoms with E-state index in [4.69, 9.17) is 11.6 Å². The molecular formula is C24H18ClNO. The van der Waals surface area contributed by atoms with Gasteiger partial charge in [-0.15, -0.1) is 0 Å². The maximum Gasteiger partial charge on any atom is 0.270 e. The molecule has 0 fully saturated rings. The zero-order valence-corrected chi connectivity index (χ0v) is 15.6. The zero-order chi connectivity index (χ0) is 18.8. The molecule has 4 aromatic rings.